The van der Waals surface area contributed by atoms with Crippen LogP contribution < -0.4 is 0 Å². The highest BCUT2D eigenvalue weighted by Crippen LogP contribution is 2.20. The lowest BCUT2D eigenvalue weighted by Crippen LogP contribution is -2.47. The lowest BCUT2D eigenvalue weighted by Gasteiger charge is -2.28. The van der Waals surface area contributed by atoms with Crippen LogP contribution in [0.25, 0.3) is 0 Å². The van der Waals surface area contributed by atoms with Gasteiger partial charge in [0.25, 0.3) is 0 Å². The molecule has 1 saturated heterocycles. The Balaban J connectivity index is 2.83. The summed E-state index contributed by atoms with van der Waals surface area (Å²) in [6.45, 7) is 2.24. The number of rotatable bonds is 4. The second-order valence-corrected chi connectivity index (χ2v) is 7.63. The SMILES string of the molecule is CC(C(=O)N1CC(O)CC1CN(C)C)S(C)(=O)=O. The van der Waals surface area contributed by atoms with Gasteiger partial charge < -0.3 is 14.9 Å². The number of aliphatic hydroxyl groups excluding tert-OH is 1. The molecule has 1 rings (SSSR count). The van der Waals surface area contributed by atoms with E-state index in [4.69, 9.17) is 0 Å². The second kappa shape index (κ2) is 5.54. The van der Waals surface area contributed by atoms with Gasteiger partial charge in [-0.1, -0.05) is 0 Å². The third kappa shape index (κ3) is 3.66. The summed E-state index contributed by atoms with van der Waals surface area (Å²) >= 11 is 0. The molecule has 3 atom stereocenters. The Hall–Kier alpha value is -0.660. The lowest BCUT2D eigenvalue weighted by atomic mass is 10.2. The maximum atomic E-state index is 12.1. The average Bonchev–Trinajstić information content (AvgIpc) is 2.54. The predicted molar refractivity (Wildman–Crippen MR) is 69.0 cm³/mol. The normalized spacial score (nSPS) is 26.7. The molecule has 0 aromatic carbocycles. The molecule has 0 aliphatic carbocycles. The number of hydrogen-bond acceptors (Lipinski definition) is 5. The zero-order valence-corrected chi connectivity index (χ0v) is 12.1. The van der Waals surface area contributed by atoms with Gasteiger partial charge in [-0.25, -0.2) is 8.42 Å². The van der Waals surface area contributed by atoms with E-state index < -0.39 is 27.1 Å². The number of amides is 1. The summed E-state index contributed by atoms with van der Waals surface area (Å²) in [6.07, 6.45) is 0.995. The first kappa shape index (κ1) is 15.4. The summed E-state index contributed by atoms with van der Waals surface area (Å²) in [7, 11) is 0.369. The van der Waals surface area contributed by atoms with Crippen LogP contribution in [0.4, 0.5) is 0 Å². The van der Waals surface area contributed by atoms with Crippen LogP contribution in [-0.2, 0) is 14.6 Å². The summed E-state index contributed by atoms with van der Waals surface area (Å²) in [6, 6.07) is -0.119. The number of aliphatic hydroxyl groups is 1. The number of hydrogen-bond donors (Lipinski definition) is 1. The summed E-state index contributed by atoms with van der Waals surface area (Å²) in [5, 5.41) is 8.61. The minimum Gasteiger partial charge on any atom is -0.391 e. The first-order valence-electron chi connectivity index (χ1n) is 5.95. The first-order valence-corrected chi connectivity index (χ1v) is 7.90. The molecule has 1 aliphatic rings. The summed E-state index contributed by atoms with van der Waals surface area (Å²) in [5.74, 6) is -0.416. The first-order chi connectivity index (χ1) is 8.12. The Bertz CT molecular complexity index is 407. The van der Waals surface area contributed by atoms with Gasteiger partial charge in [0.05, 0.1) is 6.10 Å². The largest absolute Gasteiger partial charge is 0.391 e. The number of likely N-dealkylation sites (N-methyl/N-ethyl adjacent to an activating group) is 1. The average molecular weight is 278 g/mol. The fourth-order valence-corrected chi connectivity index (χ4v) is 2.67. The zero-order chi connectivity index (χ0) is 14.1. The van der Waals surface area contributed by atoms with Crippen molar-refractivity contribution in [3.8, 4) is 0 Å². The van der Waals surface area contributed by atoms with Gasteiger partial charge >= 0.3 is 0 Å². The van der Waals surface area contributed by atoms with E-state index in [2.05, 4.69) is 0 Å². The van der Waals surface area contributed by atoms with Gasteiger partial charge in [-0.15, -0.1) is 0 Å². The van der Waals surface area contributed by atoms with Crippen molar-refractivity contribution >= 4 is 15.7 Å². The van der Waals surface area contributed by atoms with Crippen molar-refractivity contribution in [2.75, 3.05) is 33.4 Å². The van der Waals surface area contributed by atoms with Crippen molar-refractivity contribution < 1.29 is 18.3 Å². The van der Waals surface area contributed by atoms with Gasteiger partial charge in [-0.05, 0) is 27.4 Å². The third-order valence-corrected chi connectivity index (χ3v) is 4.73. The fraction of sp³-hybridized carbons (Fsp3) is 0.909. The van der Waals surface area contributed by atoms with Crippen LogP contribution in [0, 0.1) is 0 Å². The minimum absolute atomic E-state index is 0.119. The van der Waals surface area contributed by atoms with Gasteiger partial charge in [-0.2, -0.15) is 0 Å². The Morgan fingerprint density at radius 1 is 1.50 bits per heavy atom. The van der Waals surface area contributed by atoms with Crippen molar-refractivity contribution in [2.24, 2.45) is 0 Å². The molecule has 0 radical (unpaired) electrons. The number of carbonyl (C=O) groups is 1. The monoisotopic (exact) mass is 278 g/mol. The molecule has 1 heterocycles. The van der Waals surface area contributed by atoms with Gasteiger partial charge in [0.2, 0.25) is 5.91 Å². The van der Waals surface area contributed by atoms with Crippen molar-refractivity contribution in [2.45, 2.75) is 30.7 Å². The van der Waals surface area contributed by atoms with E-state index in [9.17, 15) is 18.3 Å². The van der Waals surface area contributed by atoms with Crippen LogP contribution in [0.2, 0.25) is 0 Å². The van der Waals surface area contributed by atoms with Crippen LogP contribution in [0.1, 0.15) is 13.3 Å². The number of sulfone groups is 1. The molecule has 0 spiro atoms. The van der Waals surface area contributed by atoms with Crippen molar-refractivity contribution in [1.82, 2.24) is 9.80 Å². The van der Waals surface area contributed by atoms with Crippen LogP contribution in [0.15, 0.2) is 0 Å². The molecule has 1 fully saturated rings. The smallest absolute Gasteiger partial charge is 0.240 e. The van der Waals surface area contributed by atoms with Gasteiger partial charge in [0.15, 0.2) is 9.84 Å². The lowest BCUT2D eigenvalue weighted by molar-refractivity contribution is -0.131. The molecular formula is C11H22N2O4S. The molecule has 106 valence electrons. The molecule has 0 aromatic rings. The van der Waals surface area contributed by atoms with E-state index in [1.807, 2.05) is 19.0 Å². The third-order valence-electron chi connectivity index (χ3n) is 3.24. The molecule has 6 nitrogen and oxygen atoms in total. The molecule has 1 aliphatic heterocycles. The Morgan fingerprint density at radius 2 is 2.06 bits per heavy atom. The maximum absolute atomic E-state index is 12.1. The van der Waals surface area contributed by atoms with E-state index in [1.54, 1.807) is 0 Å². The highest BCUT2D eigenvalue weighted by molar-refractivity contribution is 7.92. The van der Waals surface area contributed by atoms with Crippen molar-refractivity contribution in [1.29, 1.82) is 0 Å². The Morgan fingerprint density at radius 3 is 2.50 bits per heavy atom. The summed E-state index contributed by atoms with van der Waals surface area (Å²) in [5.41, 5.74) is 0. The van der Waals surface area contributed by atoms with E-state index in [1.165, 1.54) is 11.8 Å². The molecule has 18 heavy (non-hydrogen) atoms. The number of carbonyl (C=O) groups excluding carboxylic acids is 1. The molecule has 1 N–H and O–H groups in total. The van der Waals surface area contributed by atoms with E-state index in [-0.39, 0.29) is 12.6 Å². The standard InChI is InChI=1S/C11H22N2O4S/c1-8(18(4,16)17)11(15)13-7-10(14)5-9(13)6-12(2)3/h8-10,14H,5-7H2,1-4H3. The number of likely N-dealkylation sites (tertiary alicyclic amines) is 1. The number of nitrogens with zero attached hydrogens (tertiary/aromatic N) is 2. The van der Waals surface area contributed by atoms with E-state index >= 15 is 0 Å². The van der Waals surface area contributed by atoms with Crippen LogP contribution in [-0.4, -0.2) is 80.1 Å². The summed E-state index contributed by atoms with van der Waals surface area (Å²) in [4.78, 5) is 15.6. The van der Waals surface area contributed by atoms with Crippen LogP contribution in [0.3, 0.4) is 0 Å². The second-order valence-electron chi connectivity index (χ2n) is 5.27. The quantitative estimate of drug-likeness (QED) is 0.709. The molecule has 0 bridgehead atoms. The van der Waals surface area contributed by atoms with E-state index in [0.29, 0.717) is 13.0 Å². The molecule has 0 aromatic heterocycles. The van der Waals surface area contributed by atoms with E-state index in [0.717, 1.165) is 6.26 Å². The number of β-amino-alcohol motifs (C(OH)–C–C–N with tert-alkyl or cyclic N) is 1. The van der Waals surface area contributed by atoms with Crippen molar-refractivity contribution in [3.63, 3.8) is 0 Å². The molecule has 1 amide bonds. The van der Waals surface area contributed by atoms with Crippen LogP contribution in [0.5, 0.6) is 0 Å². The van der Waals surface area contributed by atoms with Gasteiger partial charge in [-0.3, -0.25) is 4.79 Å². The Labute approximate surface area is 108 Å². The molecular weight excluding hydrogens is 256 g/mol. The fourth-order valence-electron chi connectivity index (χ4n) is 2.17. The topological polar surface area (TPSA) is 77.9 Å². The highest BCUT2D eigenvalue weighted by Gasteiger charge is 2.38. The zero-order valence-electron chi connectivity index (χ0n) is 11.3. The predicted octanol–water partition coefficient (Wildman–Crippen LogP) is -1.06. The van der Waals surface area contributed by atoms with Gasteiger partial charge in [0.1, 0.15) is 5.25 Å². The van der Waals surface area contributed by atoms with Crippen LogP contribution >= 0.6 is 0 Å². The summed E-state index contributed by atoms with van der Waals surface area (Å²) < 4.78 is 22.8. The van der Waals surface area contributed by atoms with Gasteiger partial charge in [0, 0.05) is 25.4 Å². The molecule has 7 heteroatoms. The van der Waals surface area contributed by atoms with Crippen molar-refractivity contribution in [3.05, 3.63) is 0 Å². The molecule has 3 unspecified atom stereocenters. The maximum Gasteiger partial charge on any atom is 0.240 e. The Kier molecular flexibility index (Phi) is 4.74. The highest BCUT2D eigenvalue weighted by atomic mass is 32.2. The molecule has 0 saturated carbocycles. The minimum atomic E-state index is -3.40.